The second-order valence-electron chi connectivity index (χ2n) is 8.38. The van der Waals surface area contributed by atoms with Gasteiger partial charge in [-0.3, -0.25) is 9.59 Å². The van der Waals surface area contributed by atoms with E-state index < -0.39 is 23.6 Å². The van der Waals surface area contributed by atoms with Crippen LogP contribution in [0, 0.1) is 0 Å². The molecule has 40 heavy (non-hydrogen) atoms. The summed E-state index contributed by atoms with van der Waals surface area (Å²) in [4.78, 5) is 24.4. The quantitative estimate of drug-likeness (QED) is 0.191. The zero-order valence-electron chi connectivity index (χ0n) is 20.2. The molecule has 0 radical (unpaired) electrons. The molecular formula is C27H18Cl3F3N2O5. The van der Waals surface area contributed by atoms with E-state index >= 15 is 0 Å². The molecule has 0 bridgehead atoms. The third kappa shape index (κ3) is 6.88. The Balaban J connectivity index is 1.66. The number of amides is 1. The van der Waals surface area contributed by atoms with Crippen LogP contribution in [0.4, 0.5) is 13.2 Å². The molecule has 4 aromatic rings. The van der Waals surface area contributed by atoms with Gasteiger partial charge in [-0.15, -0.1) is 0 Å². The summed E-state index contributed by atoms with van der Waals surface area (Å²) in [5, 5.41) is 16.4. The van der Waals surface area contributed by atoms with Gasteiger partial charge in [0.15, 0.2) is 5.76 Å². The number of alkyl halides is 3. The molecule has 13 heteroatoms. The fraction of sp³-hybridized carbons (Fsp3) is 0.148. The molecule has 0 aliphatic heterocycles. The second kappa shape index (κ2) is 12.2. The first-order valence-corrected chi connectivity index (χ1v) is 12.6. The number of halogens is 6. The van der Waals surface area contributed by atoms with Gasteiger partial charge in [0.1, 0.15) is 23.6 Å². The highest BCUT2D eigenvalue weighted by atomic mass is 35.5. The van der Waals surface area contributed by atoms with Gasteiger partial charge in [-0.05, 0) is 42.0 Å². The maximum absolute atomic E-state index is 13.4. The summed E-state index contributed by atoms with van der Waals surface area (Å²) in [7, 11) is 0. The standard InChI is InChI=1S/C27H18Cl3F3N2O5/c28-17-5-7-21(20(30)13-17)39-9-8-34-26(38)23-24(18-6-4-14(10-19(18)29)11-22(36)37)35-40-25(23)15-2-1-3-16(12-15)27(31,32)33/h1-7,10,12-13H,8-9,11H2,(H,34,38)(H,36,37). The number of carboxylic acids is 1. The topological polar surface area (TPSA) is 102 Å². The van der Waals surface area contributed by atoms with Gasteiger partial charge < -0.3 is 19.7 Å². The van der Waals surface area contributed by atoms with E-state index in [0.29, 0.717) is 16.3 Å². The van der Waals surface area contributed by atoms with Crippen LogP contribution in [0.3, 0.4) is 0 Å². The number of aromatic nitrogens is 1. The fourth-order valence-corrected chi connectivity index (χ4v) is 4.52. The third-order valence-corrected chi connectivity index (χ3v) is 6.40. The third-order valence-electron chi connectivity index (χ3n) is 5.55. The summed E-state index contributed by atoms with van der Waals surface area (Å²) in [5.41, 5.74) is -0.589. The van der Waals surface area contributed by atoms with Crippen molar-refractivity contribution in [2.75, 3.05) is 13.2 Å². The summed E-state index contributed by atoms with van der Waals surface area (Å²) in [6.45, 7) is -0.0209. The number of aliphatic carboxylic acids is 1. The Morgan fingerprint density at radius 2 is 1.77 bits per heavy atom. The van der Waals surface area contributed by atoms with Crippen LogP contribution >= 0.6 is 34.8 Å². The molecule has 1 aromatic heterocycles. The molecule has 0 fully saturated rings. The van der Waals surface area contributed by atoms with Gasteiger partial charge in [0, 0.05) is 16.1 Å². The van der Waals surface area contributed by atoms with Crippen molar-refractivity contribution in [3.63, 3.8) is 0 Å². The highest BCUT2D eigenvalue weighted by Gasteiger charge is 2.32. The lowest BCUT2D eigenvalue weighted by Crippen LogP contribution is -2.28. The first-order chi connectivity index (χ1) is 18.9. The number of hydrogen-bond donors (Lipinski definition) is 2. The van der Waals surface area contributed by atoms with E-state index in [2.05, 4.69) is 10.5 Å². The smallest absolute Gasteiger partial charge is 0.416 e. The van der Waals surface area contributed by atoms with E-state index in [1.165, 1.54) is 36.4 Å². The Hall–Kier alpha value is -3.73. The number of hydrogen-bond acceptors (Lipinski definition) is 5. The van der Waals surface area contributed by atoms with Crippen LogP contribution in [0.5, 0.6) is 5.75 Å². The van der Waals surface area contributed by atoms with Crippen LogP contribution in [-0.4, -0.2) is 35.3 Å². The lowest BCUT2D eigenvalue weighted by Gasteiger charge is -2.11. The molecule has 0 aliphatic rings. The number of nitrogens with zero attached hydrogens (tertiary/aromatic N) is 1. The summed E-state index contributed by atoms with van der Waals surface area (Å²) in [6.07, 6.45) is -4.93. The van der Waals surface area contributed by atoms with E-state index in [-0.39, 0.29) is 57.8 Å². The Bertz CT molecular complexity index is 1570. The van der Waals surface area contributed by atoms with E-state index in [1.807, 2.05) is 0 Å². The minimum Gasteiger partial charge on any atom is -0.490 e. The summed E-state index contributed by atoms with van der Waals surface area (Å²) < 4.78 is 51.1. The summed E-state index contributed by atoms with van der Waals surface area (Å²) in [6, 6.07) is 13.2. The highest BCUT2D eigenvalue weighted by molar-refractivity contribution is 6.35. The number of ether oxygens (including phenoxy) is 1. The molecule has 4 rings (SSSR count). The van der Waals surface area contributed by atoms with Crippen LogP contribution in [0.1, 0.15) is 21.5 Å². The number of carbonyl (C=O) groups excluding carboxylic acids is 1. The molecule has 1 amide bonds. The van der Waals surface area contributed by atoms with Crippen molar-refractivity contribution in [3.05, 3.63) is 92.4 Å². The van der Waals surface area contributed by atoms with E-state index in [1.54, 1.807) is 12.1 Å². The molecule has 3 aromatic carbocycles. The molecule has 0 spiro atoms. The molecule has 7 nitrogen and oxygen atoms in total. The Labute approximate surface area is 240 Å². The van der Waals surface area contributed by atoms with Gasteiger partial charge in [-0.1, -0.05) is 64.2 Å². The van der Waals surface area contributed by atoms with Crippen LogP contribution in [0.2, 0.25) is 15.1 Å². The summed E-state index contributed by atoms with van der Waals surface area (Å²) >= 11 is 18.3. The first kappa shape index (κ1) is 29.3. The molecule has 0 saturated heterocycles. The van der Waals surface area contributed by atoms with Crippen molar-refractivity contribution in [2.24, 2.45) is 0 Å². The Morgan fingerprint density at radius 3 is 2.45 bits per heavy atom. The van der Waals surface area contributed by atoms with Crippen molar-refractivity contribution in [1.82, 2.24) is 10.5 Å². The van der Waals surface area contributed by atoms with E-state index in [0.717, 1.165) is 12.1 Å². The van der Waals surface area contributed by atoms with Crippen molar-refractivity contribution in [2.45, 2.75) is 12.6 Å². The van der Waals surface area contributed by atoms with Crippen LogP contribution < -0.4 is 10.1 Å². The minimum atomic E-state index is -4.63. The number of rotatable bonds is 9. The molecular weight excluding hydrogens is 596 g/mol. The van der Waals surface area contributed by atoms with Crippen molar-refractivity contribution in [3.8, 4) is 28.3 Å². The van der Waals surface area contributed by atoms with Crippen LogP contribution in [0.25, 0.3) is 22.6 Å². The lowest BCUT2D eigenvalue weighted by atomic mass is 9.99. The SMILES string of the molecule is O=C(O)Cc1ccc(-c2noc(-c3cccc(C(F)(F)F)c3)c2C(=O)NCCOc2ccc(Cl)cc2Cl)c(Cl)c1. The largest absolute Gasteiger partial charge is 0.490 e. The monoisotopic (exact) mass is 612 g/mol. The number of benzene rings is 3. The number of carboxylic acid groups (broad SMARTS) is 1. The average Bonchev–Trinajstić information content (AvgIpc) is 3.32. The Morgan fingerprint density at radius 1 is 1.00 bits per heavy atom. The van der Waals surface area contributed by atoms with Crippen LogP contribution in [0.15, 0.2) is 65.2 Å². The highest BCUT2D eigenvalue weighted by Crippen LogP contribution is 2.38. The fourth-order valence-electron chi connectivity index (χ4n) is 3.76. The number of carbonyl (C=O) groups is 2. The molecule has 0 unspecified atom stereocenters. The molecule has 0 saturated carbocycles. The van der Waals surface area contributed by atoms with Crippen molar-refractivity contribution < 1.29 is 37.1 Å². The molecule has 2 N–H and O–H groups in total. The zero-order chi connectivity index (χ0) is 29.0. The van der Waals surface area contributed by atoms with Crippen molar-refractivity contribution in [1.29, 1.82) is 0 Å². The van der Waals surface area contributed by atoms with Gasteiger partial charge in [-0.2, -0.15) is 13.2 Å². The molecule has 0 aliphatic carbocycles. The Kier molecular flexibility index (Phi) is 8.92. The van der Waals surface area contributed by atoms with Gasteiger partial charge in [0.25, 0.3) is 5.91 Å². The minimum absolute atomic E-state index is 0.00274. The summed E-state index contributed by atoms with van der Waals surface area (Å²) in [5.74, 6) is -1.67. The maximum Gasteiger partial charge on any atom is 0.416 e. The first-order valence-electron chi connectivity index (χ1n) is 11.5. The van der Waals surface area contributed by atoms with Gasteiger partial charge >= 0.3 is 12.1 Å². The second-order valence-corrected chi connectivity index (χ2v) is 9.63. The predicted octanol–water partition coefficient (Wildman–Crippen LogP) is 7.42. The van der Waals surface area contributed by atoms with E-state index in [4.69, 9.17) is 49.2 Å². The van der Waals surface area contributed by atoms with E-state index in [9.17, 15) is 22.8 Å². The zero-order valence-corrected chi connectivity index (χ0v) is 22.5. The average molecular weight is 614 g/mol. The van der Waals surface area contributed by atoms with Gasteiger partial charge in [0.05, 0.1) is 28.6 Å². The predicted molar refractivity (Wildman–Crippen MR) is 143 cm³/mol. The maximum atomic E-state index is 13.4. The number of nitrogens with one attached hydrogen (secondary N) is 1. The lowest BCUT2D eigenvalue weighted by molar-refractivity contribution is -0.138. The normalized spacial score (nSPS) is 11.3. The molecule has 208 valence electrons. The van der Waals surface area contributed by atoms with Crippen LogP contribution in [-0.2, 0) is 17.4 Å². The van der Waals surface area contributed by atoms with Crippen molar-refractivity contribution >= 4 is 46.7 Å². The molecule has 1 heterocycles. The van der Waals surface area contributed by atoms with Gasteiger partial charge in [-0.25, -0.2) is 0 Å². The molecule has 0 atom stereocenters. The van der Waals surface area contributed by atoms with Gasteiger partial charge in [0.2, 0.25) is 0 Å².